The molecule has 0 saturated carbocycles. The SMILES string of the molecule is C#CC[C@H](O)c1ccc(NC(=O)OC(C)(C)C)cc1. The molecule has 1 rings (SSSR count). The quantitative estimate of drug-likeness (QED) is 0.822. The van der Waals surface area contributed by atoms with Crippen LogP contribution >= 0.6 is 0 Å². The Kier molecular flexibility index (Phi) is 4.96. The molecule has 102 valence electrons. The molecule has 1 aromatic rings. The van der Waals surface area contributed by atoms with E-state index in [0.717, 1.165) is 0 Å². The number of carbonyl (C=O) groups is 1. The van der Waals surface area contributed by atoms with Gasteiger partial charge in [0.25, 0.3) is 0 Å². The second-order valence-corrected chi connectivity index (χ2v) is 5.17. The highest BCUT2D eigenvalue weighted by Gasteiger charge is 2.16. The van der Waals surface area contributed by atoms with E-state index in [2.05, 4.69) is 11.2 Å². The molecule has 0 saturated heterocycles. The molecule has 1 atom stereocenters. The summed E-state index contributed by atoms with van der Waals surface area (Å²) in [4.78, 5) is 11.5. The van der Waals surface area contributed by atoms with Crippen LogP contribution in [-0.2, 0) is 4.74 Å². The minimum atomic E-state index is -0.680. The molecular weight excluding hydrogens is 242 g/mol. The number of amides is 1. The van der Waals surface area contributed by atoms with Gasteiger partial charge in [0.1, 0.15) is 5.60 Å². The zero-order valence-corrected chi connectivity index (χ0v) is 11.4. The van der Waals surface area contributed by atoms with Gasteiger partial charge in [-0.2, -0.15) is 0 Å². The van der Waals surface area contributed by atoms with Crippen molar-refractivity contribution in [3.8, 4) is 12.3 Å². The number of ether oxygens (including phenoxy) is 1. The summed E-state index contributed by atoms with van der Waals surface area (Å²) in [7, 11) is 0. The predicted octanol–water partition coefficient (Wildman–Crippen LogP) is 3.09. The highest BCUT2D eigenvalue weighted by Crippen LogP contribution is 2.19. The highest BCUT2D eigenvalue weighted by atomic mass is 16.6. The maximum Gasteiger partial charge on any atom is 0.412 e. The molecule has 1 amide bonds. The Morgan fingerprint density at radius 3 is 2.47 bits per heavy atom. The van der Waals surface area contributed by atoms with Crippen LogP contribution in [0.3, 0.4) is 0 Å². The Morgan fingerprint density at radius 2 is 2.00 bits per heavy atom. The van der Waals surface area contributed by atoms with Gasteiger partial charge in [-0.05, 0) is 38.5 Å². The van der Waals surface area contributed by atoms with Gasteiger partial charge in [0.05, 0.1) is 6.10 Å². The van der Waals surface area contributed by atoms with E-state index in [9.17, 15) is 9.90 Å². The minimum Gasteiger partial charge on any atom is -0.444 e. The number of hydrogen-bond acceptors (Lipinski definition) is 3. The van der Waals surface area contributed by atoms with E-state index < -0.39 is 17.8 Å². The summed E-state index contributed by atoms with van der Waals surface area (Å²) in [5.74, 6) is 2.40. The maximum atomic E-state index is 11.5. The van der Waals surface area contributed by atoms with Gasteiger partial charge in [0.15, 0.2) is 0 Å². The van der Waals surface area contributed by atoms with E-state index in [-0.39, 0.29) is 6.42 Å². The van der Waals surface area contributed by atoms with Crippen molar-refractivity contribution in [2.45, 2.75) is 38.9 Å². The van der Waals surface area contributed by atoms with Crippen molar-refractivity contribution in [2.24, 2.45) is 0 Å². The van der Waals surface area contributed by atoms with Gasteiger partial charge in [0, 0.05) is 12.1 Å². The number of anilines is 1. The normalized spacial score (nSPS) is 12.4. The van der Waals surface area contributed by atoms with E-state index in [4.69, 9.17) is 11.2 Å². The van der Waals surface area contributed by atoms with Crippen molar-refractivity contribution in [1.82, 2.24) is 0 Å². The molecule has 0 fully saturated rings. The fourth-order valence-electron chi connectivity index (χ4n) is 1.44. The Balaban J connectivity index is 2.63. The second kappa shape index (κ2) is 6.26. The summed E-state index contributed by atoms with van der Waals surface area (Å²) in [6.07, 6.45) is 4.21. The molecule has 0 aliphatic carbocycles. The van der Waals surface area contributed by atoms with Gasteiger partial charge in [0.2, 0.25) is 0 Å². The number of terminal acetylenes is 1. The molecule has 0 aromatic heterocycles. The smallest absolute Gasteiger partial charge is 0.412 e. The number of rotatable bonds is 3. The lowest BCUT2D eigenvalue weighted by Gasteiger charge is -2.19. The molecule has 0 aliphatic heterocycles. The number of carbonyl (C=O) groups excluding carboxylic acids is 1. The van der Waals surface area contributed by atoms with E-state index in [0.29, 0.717) is 11.3 Å². The van der Waals surface area contributed by atoms with Gasteiger partial charge >= 0.3 is 6.09 Å². The summed E-state index contributed by atoms with van der Waals surface area (Å²) in [5, 5.41) is 12.3. The zero-order valence-electron chi connectivity index (χ0n) is 11.4. The zero-order chi connectivity index (χ0) is 14.5. The van der Waals surface area contributed by atoms with Crippen LogP contribution in [0.2, 0.25) is 0 Å². The van der Waals surface area contributed by atoms with Crippen molar-refractivity contribution in [3.63, 3.8) is 0 Å². The lowest BCUT2D eigenvalue weighted by Crippen LogP contribution is -2.27. The van der Waals surface area contributed by atoms with Crippen LogP contribution in [0.4, 0.5) is 10.5 Å². The average Bonchev–Trinajstić information content (AvgIpc) is 2.27. The third-order valence-corrected chi connectivity index (χ3v) is 2.25. The highest BCUT2D eigenvalue weighted by molar-refractivity contribution is 5.84. The molecule has 2 N–H and O–H groups in total. The third kappa shape index (κ3) is 5.45. The minimum absolute atomic E-state index is 0.263. The van der Waals surface area contributed by atoms with Crippen LogP contribution in [0.25, 0.3) is 0 Å². The number of aliphatic hydroxyl groups is 1. The van der Waals surface area contributed by atoms with Gasteiger partial charge in [-0.1, -0.05) is 12.1 Å². The molecule has 19 heavy (non-hydrogen) atoms. The lowest BCUT2D eigenvalue weighted by atomic mass is 10.1. The largest absolute Gasteiger partial charge is 0.444 e. The topological polar surface area (TPSA) is 58.6 Å². The molecule has 1 aromatic carbocycles. The summed E-state index contributed by atoms with van der Waals surface area (Å²) in [6, 6.07) is 6.82. The van der Waals surface area contributed by atoms with Crippen molar-refractivity contribution < 1.29 is 14.6 Å². The van der Waals surface area contributed by atoms with Crippen LogP contribution in [-0.4, -0.2) is 16.8 Å². The Hall–Kier alpha value is -1.99. The van der Waals surface area contributed by atoms with Crippen molar-refractivity contribution in [3.05, 3.63) is 29.8 Å². The Labute approximate surface area is 113 Å². The predicted molar refractivity (Wildman–Crippen MR) is 74.7 cm³/mol. The van der Waals surface area contributed by atoms with E-state index in [1.54, 1.807) is 45.0 Å². The van der Waals surface area contributed by atoms with Crippen molar-refractivity contribution in [2.75, 3.05) is 5.32 Å². The fourth-order valence-corrected chi connectivity index (χ4v) is 1.44. The first kappa shape index (κ1) is 15.1. The van der Waals surface area contributed by atoms with Gasteiger partial charge < -0.3 is 9.84 Å². The standard InChI is InChI=1S/C15H19NO3/c1-5-6-13(17)11-7-9-12(10-8-11)16-14(18)19-15(2,3)4/h1,7-10,13,17H,6H2,2-4H3,(H,16,18)/t13-/m0/s1. The van der Waals surface area contributed by atoms with Crippen LogP contribution in [0.15, 0.2) is 24.3 Å². The van der Waals surface area contributed by atoms with Gasteiger partial charge in [-0.25, -0.2) is 4.79 Å². The summed E-state index contributed by atoms with van der Waals surface area (Å²) < 4.78 is 5.13. The molecule has 0 unspecified atom stereocenters. The average molecular weight is 261 g/mol. The molecule has 0 aliphatic rings. The van der Waals surface area contributed by atoms with E-state index in [1.807, 2.05) is 0 Å². The number of hydrogen-bond donors (Lipinski definition) is 2. The summed E-state index contributed by atoms with van der Waals surface area (Å²) in [6.45, 7) is 5.39. The molecule has 4 nitrogen and oxygen atoms in total. The van der Waals surface area contributed by atoms with Crippen LogP contribution in [0, 0.1) is 12.3 Å². The lowest BCUT2D eigenvalue weighted by molar-refractivity contribution is 0.0636. The van der Waals surface area contributed by atoms with Gasteiger partial charge in [-0.3, -0.25) is 5.32 Å². The molecule has 4 heteroatoms. The Morgan fingerprint density at radius 1 is 1.42 bits per heavy atom. The molecule has 0 bridgehead atoms. The number of benzene rings is 1. The number of aliphatic hydroxyl groups excluding tert-OH is 1. The Bertz CT molecular complexity index is 466. The first-order valence-corrected chi connectivity index (χ1v) is 6.03. The van der Waals surface area contributed by atoms with Crippen LogP contribution < -0.4 is 5.32 Å². The van der Waals surface area contributed by atoms with Gasteiger partial charge in [-0.15, -0.1) is 12.3 Å². The van der Waals surface area contributed by atoms with Crippen LogP contribution in [0.5, 0.6) is 0 Å². The van der Waals surface area contributed by atoms with E-state index >= 15 is 0 Å². The first-order valence-electron chi connectivity index (χ1n) is 6.03. The molecule has 0 spiro atoms. The van der Waals surface area contributed by atoms with Crippen molar-refractivity contribution in [1.29, 1.82) is 0 Å². The van der Waals surface area contributed by atoms with Crippen LogP contribution in [0.1, 0.15) is 38.9 Å². The fraction of sp³-hybridized carbons (Fsp3) is 0.400. The van der Waals surface area contributed by atoms with Crippen molar-refractivity contribution >= 4 is 11.8 Å². The molecule has 0 radical (unpaired) electrons. The molecular formula is C15H19NO3. The number of nitrogens with one attached hydrogen (secondary N) is 1. The summed E-state index contributed by atoms with van der Waals surface area (Å²) in [5.41, 5.74) is 0.783. The third-order valence-electron chi connectivity index (χ3n) is 2.25. The maximum absolute atomic E-state index is 11.5. The molecule has 0 heterocycles. The monoisotopic (exact) mass is 261 g/mol. The first-order chi connectivity index (χ1) is 8.81. The van der Waals surface area contributed by atoms with E-state index in [1.165, 1.54) is 0 Å². The summed E-state index contributed by atoms with van der Waals surface area (Å²) >= 11 is 0. The second-order valence-electron chi connectivity index (χ2n) is 5.17.